The molecule has 1 atom stereocenters. The second kappa shape index (κ2) is 6.09. The second-order valence-electron chi connectivity index (χ2n) is 5.34. The highest BCUT2D eigenvalue weighted by atomic mass is 16.5. The maximum atomic E-state index is 6.05. The molecule has 1 aliphatic rings. The smallest absolute Gasteiger partial charge is 0.127 e. The van der Waals surface area contributed by atoms with Gasteiger partial charge in [0.2, 0.25) is 0 Å². The highest BCUT2D eigenvalue weighted by molar-refractivity contribution is 5.42. The Morgan fingerprint density at radius 2 is 2.10 bits per heavy atom. The molecule has 1 aromatic heterocycles. The summed E-state index contributed by atoms with van der Waals surface area (Å²) in [4.78, 5) is 0. The lowest BCUT2D eigenvalue weighted by Crippen LogP contribution is -2.19. The maximum Gasteiger partial charge on any atom is 0.127 e. The van der Waals surface area contributed by atoms with Crippen LogP contribution in [0.4, 0.5) is 5.82 Å². The SMILES string of the molecule is Nc1cc(CCC2CCCCO2)nn1-c1ccccc1. The van der Waals surface area contributed by atoms with Gasteiger partial charge in [-0.2, -0.15) is 5.10 Å². The molecule has 0 spiro atoms. The number of hydrogen-bond acceptors (Lipinski definition) is 3. The average Bonchev–Trinajstić information content (AvgIpc) is 2.88. The van der Waals surface area contributed by atoms with Crippen LogP contribution in [-0.4, -0.2) is 22.5 Å². The molecule has 1 aliphatic heterocycles. The molecule has 2 heterocycles. The summed E-state index contributed by atoms with van der Waals surface area (Å²) in [5.74, 6) is 0.691. The lowest BCUT2D eigenvalue weighted by molar-refractivity contribution is 0.0113. The number of anilines is 1. The van der Waals surface area contributed by atoms with Crippen molar-refractivity contribution in [1.82, 2.24) is 9.78 Å². The third kappa shape index (κ3) is 3.02. The van der Waals surface area contributed by atoms with Crippen molar-refractivity contribution < 1.29 is 4.74 Å². The summed E-state index contributed by atoms with van der Waals surface area (Å²) >= 11 is 0. The van der Waals surface area contributed by atoms with E-state index in [-0.39, 0.29) is 0 Å². The fraction of sp³-hybridized carbons (Fsp3) is 0.438. The molecular weight excluding hydrogens is 250 g/mol. The third-order valence-corrected chi connectivity index (χ3v) is 3.78. The van der Waals surface area contributed by atoms with Crippen molar-refractivity contribution >= 4 is 5.82 Å². The Bertz CT molecular complexity index is 544. The predicted molar refractivity (Wildman–Crippen MR) is 79.9 cm³/mol. The summed E-state index contributed by atoms with van der Waals surface area (Å²) in [6.45, 7) is 0.908. The van der Waals surface area contributed by atoms with Crippen LogP contribution in [0.15, 0.2) is 36.4 Å². The molecule has 3 rings (SSSR count). The first kappa shape index (κ1) is 13.2. The van der Waals surface area contributed by atoms with E-state index >= 15 is 0 Å². The Morgan fingerprint density at radius 3 is 2.85 bits per heavy atom. The Labute approximate surface area is 119 Å². The molecule has 0 bridgehead atoms. The standard InChI is InChI=1S/C16H21N3O/c17-16-12-13(9-10-15-8-4-5-11-20-15)18-19(16)14-6-2-1-3-7-14/h1-3,6-7,12,15H,4-5,8-11,17H2. The lowest BCUT2D eigenvalue weighted by atomic mass is 10.0. The normalized spacial score (nSPS) is 19.1. The quantitative estimate of drug-likeness (QED) is 0.930. The summed E-state index contributed by atoms with van der Waals surface area (Å²) in [5.41, 5.74) is 8.10. The van der Waals surface area contributed by atoms with Gasteiger partial charge in [-0.25, -0.2) is 4.68 Å². The van der Waals surface area contributed by atoms with Gasteiger partial charge < -0.3 is 10.5 Å². The Kier molecular flexibility index (Phi) is 4.02. The number of nitrogens with two attached hydrogens (primary N) is 1. The van der Waals surface area contributed by atoms with Crippen molar-refractivity contribution in [2.75, 3.05) is 12.3 Å². The van der Waals surface area contributed by atoms with Gasteiger partial charge in [-0.05, 0) is 44.2 Å². The molecule has 4 heteroatoms. The van der Waals surface area contributed by atoms with Gasteiger partial charge in [0, 0.05) is 12.7 Å². The minimum Gasteiger partial charge on any atom is -0.384 e. The summed E-state index contributed by atoms with van der Waals surface area (Å²) in [7, 11) is 0. The fourth-order valence-electron chi connectivity index (χ4n) is 2.69. The molecule has 0 amide bonds. The van der Waals surface area contributed by atoms with E-state index in [0.29, 0.717) is 11.9 Å². The minimum atomic E-state index is 0.395. The van der Waals surface area contributed by atoms with Crippen molar-refractivity contribution in [3.05, 3.63) is 42.1 Å². The number of benzene rings is 1. The van der Waals surface area contributed by atoms with Gasteiger partial charge in [0.05, 0.1) is 17.5 Å². The first-order valence-corrected chi connectivity index (χ1v) is 7.34. The van der Waals surface area contributed by atoms with Crippen LogP contribution in [0.5, 0.6) is 0 Å². The molecule has 20 heavy (non-hydrogen) atoms. The van der Waals surface area contributed by atoms with E-state index in [1.54, 1.807) is 4.68 Å². The van der Waals surface area contributed by atoms with Crippen LogP contribution in [0.3, 0.4) is 0 Å². The number of ether oxygens (including phenoxy) is 1. The molecule has 0 saturated carbocycles. The highest BCUT2D eigenvalue weighted by Crippen LogP contribution is 2.19. The predicted octanol–water partition coefficient (Wildman–Crippen LogP) is 2.96. The van der Waals surface area contributed by atoms with Gasteiger partial charge in [0.1, 0.15) is 5.82 Å². The highest BCUT2D eigenvalue weighted by Gasteiger charge is 2.15. The van der Waals surface area contributed by atoms with Gasteiger partial charge in [0.15, 0.2) is 0 Å². The number of aromatic nitrogens is 2. The molecule has 2 N–H and O–H groups in total. The molecule has 2 aromatic rings. The summed E-state index contributed by atoms with van der Waals surface area (Å²) in [5, 5.41) is 4.60. The maximum absolute atomic E-state index is 6.05. The molecule has 0 radical (unpaired) electrons. The van der Waals surface area contributed by atoms with Crippen molar-refractivity contribution in [1.29, 1.82) is 0 Å². The van der Waals surface area contributed by atoms with Crippen molar-refractivity contribution in [3.63, 3.8) is 0 Å². The number of para-hydroxylation sites is 1. The average molecular weight is 271 g/mol. The summed E-state index contributed by atoms with van der Waals surface area (Å²) in [6.07, 6.45) is 6.01. The van der Waals surface area contributed by atoms with E-state index in [9.17, 15) is 0 Å². The molecule has 1 fully saturated rings. The Morgan fingerprint density at radius 1 is 1.25 bits per heavy atom. The number of nitrogen functional groups attached to an aromatic ring is 1. The van der Waals surface area contributed by atoms with Crippen molar-refractivity contribution in [2.24, 2.45) is 0 Å². The monoisotopic (exact) mass is 271 g/mol. The van der Waals surface area contributed by atoms with Crippen LogP contribution in [0, 0.1) is 0 Å². The van der Waals surface area contributed by atoms with Crippen LogP contribution in [0.2, 0.25) is 0 Å². The fourth-order valence-corrected chi connectivity index (χ4v) is 2.69. The van der Waals surface area contributed by atoms with Crippen LogP contribution in [0.1, 0.15) is 31.4 Å². The zero-order chi connectivity index (χ0) is 13.8. The number of nitrogens with zero attached hydrogens (tertiary/aromatic N) is 2. The molecule has 1 saturated heterocycles. The van der Waals surface area contributed by atoms with E-state index in [1.165, 1.54) is 19.3 Å². The van der Waals surface area contributed by atoms with Crippen LogP contribution >= 0.6 is 0 Å². The van der Waals surface area contributed by atoms with Crippen molar-refractivity contribution in [2.45, 2.75) is 38.2 Å². The topological polar surface area (TPSA) is 53.1 Å². The molecule has 106 valence electrons. The molecule has 1 aromatic carbocycles. The van der Waals surface area contributed by atoms with Crippen LogP contribution in [-0.2, 0) is 11.2 Å². The first-order valence-electron chi connectivity index (χ1n) is 7.34. The largest absolute Gasteiger partial charge is 0.384 e. The third-order valence-electron chi connectivity index (χ3n) is 3.78. The van der Waals surface area contributed by atoms with E-state index in [4.69, 9.17) is 10.5 Å². The zero-order valence-corrected chi connectivity index (χ0v) is 11.7. The molecule has 1 unspecified atom stereocenters. The first-order chi connectivity index (χ1) is 9.83. The second-order valence-corrected chi connectivity index (χ2v) is 5.34. The zero-order valence-electron chi connectivity index (χ0n) is 11.7. The lowest BCUT2D eigenvalue weighted by Gasteiger charge is -2.21. The van der Waals surface area contributed by atoms with Gasteiger partial charge in [0.25, 0.3) is 0 Å². The van der Waals surface area contributed by atoms with Crippen LogP contribution in [0.25, 0.3) is 5.69 Å². The Hall–Kier alpha value is -1.81. The Balaban J connectivity index is 1.66. The van der Waals surface area contributed by atoms with E-state index in [0.717, 1.165) is 30.8 Å². The summed E-state index contributed by atoms with van der Waals surface area (Å²) in [6, 6.07) is 12.0. The van der Waals surface area contributed by atoms with Crippen LogP contribution < -0.4 is 5.73 Å². The van der Waals surface area contributed by atoms with Gasteiger partial charge in [-0.3, -0.25) is 0 Å². The van der Waals surface area contributed by atoms with Gasteiger partial charge in [-0.1, -0.05) is 18.2 Å². The van der Waals surface area contributed by atoms with E-state index in [2.05, 4.69) is 5.10 Å². The van der Waals surface area contributed by atoms with Gasteiger partial charge in [-0.15, -0.1) is 0 Å². The number of aryl methyl sites for hydroxylation is 1. The number of hydrogen-bond donors (Lipinski definition) is 1. The van der Waals surface area contributed by atoms with E-state index < -0.39 is 0 Å². The van der Waals surface area contributed by atoms with Gasteiger partial charge >= 0.3 is 0 Å². The summed E-state index contributed by atoms with van der Waals surface area (Å²) < 4.78 is 7.56. The molecular formula is C16H21N3O. The van der Waals surface area contributed by atoms with E-state index in [1.807, 2.05) is 36.4 Å². The molecule has 4 nitrogen and oxygen atoms in total. The van der Waals surface area contributed by atoms with Crippen molar-refractivity contribution in [3.8, 4) is 5.69 Å². The minimum absolute atomic E-state index is 0.395. The molecule has 0 aliphatic carbocycles. The number of rotatable bonds is 4.